The number of phenolic OH excluding ortho intramolecular Hbond substituents is 1. The average molecular weight is 278 g/mol. The fraction of sp³-hybridized carbons (Fsp3) is 0.357. The first-order valence-electron chi connectivity index (χ1n) is 6.08. The smallest absolute Gasteiger partial charge is 0.160 e. The fourth-order valence-electron chi connectivity index (χ4n) is 2.04. The molecule has 0 aliphatic heterocycles. The van der Waals surface area contributed by atoms with Gasteiger partial charge < -0.3 is 15.2 Å². The number of nitrogens with one attached hydrogen (secondary N) is 1. The number of phenols is 1. The van der Waals surface area contributed by atoms with Crippen molar-refractivity contribution in [3.05, 3.63) is 33.8 Å². The molecule has 2 N–H and O–H groups in total. The van der Waals surface area contributed by atoms with Crippen LogP contribution in [0.4, 0.5) is 5.69 Å². The zero-order chi connectivity index (χ0) is 14.0. The first-order valence-corrected chi connectivity index (χ1v) is 6.90. The summed E-state index contributed by atoms with van der Waals surface area (Å²) in [5, 5.41) is 14.2. The van der Waals surface area contributed by atoms with Gasteiger partial charge in [0.05, 0.1) is 23.9 Å². The number of benzene rings is 1. The minimum atomic E-state index is 0.0951. The molecular formula is C14H18N2O2S. The summed E-state index contributed by atoms with van der Waals surface area (Å²) in [7, 11) is 1.53. The summed E-state index contributed by atoms with van der Waals surface area (Å²) in [5.74, 6) is 0.602. The first-order chi connectivity index (χ1) is 9.01. The van der Waals surface area contributed by atoms with Crippen molar-refractivity contribution in [1.29, 1.82) is 0 Å². The topological polar surface area (TPSA) is 54.4 Å². The summed E-state index contributed by atoms with van der Waals surface area (Å²) >= 11 is 1.70. The molecule has 4 nitrogen and oxygen atoms in total. The number of thiazole rings is 1. The van der Waals surface area contributed by atoms with Gasteiger partial charge in [-0.15, -0.1) is 11.3 Å². The number of methoxy groups -OCH3 is 1. The molecule has 0 bridgehead atoms. The van der Waals surface area contributed by atoms with Gasteiger partial charge in [-0.25, -0.2) is 4.98 Å². The molecule has 0 radical (unpaired) electrons. The van der Waals surface area contributed by atoms with Crippen LogP contribution < -0.4 is 10.1 Å². The molecule has 2 aromatic rings. The Morgan fingerprint density at radius 2 is 2.11 bits per heavy atom. The molecule has 0 spiro atoms. The first kappa shape index (κ1) is 13.7. The molecule has 0 saturated carbocycles. The molecule has 0 fully saturated rings. The molecule has 0 aliphatic carbocycles. The van der Waals surface area contributed by atoms with E-state index < -0.39 is 0 Å². The average Bonchev–Trinajstić information content (AvgIpc) is 2.69. The van der Waals surface area contributed by atoms with Gasteiger partial charge in [-0.1, -0.05) is 0 Å². The largest absolute Gasteiger partial charge is 0.504 e. The van der Waals surface area contributed by atoms with E-state index in [2.05, 4.69) is 24.1 Å². The van der Waals surface area contributed by atoms with E-state index in [0.717, 1.165) is 16.4 Å². The van der Waals surface area contributed by atoms with Crippen LogP contribution >= 0.6 is 11.3 Å². The monoisotopic (exact) mass is 278 g/mol. The normalized spacial score (nSPS) is 12.2. The predicted molar refractivity (Wildman–Crippen MR) is 78.3 cm³/mol. The van der Waals surface area contributed by atoms with Crippen LogP contribution in [0.15, 0.2) is 18.2 Å². The molecule has 5 heteroatoms. The number of anilines is 1. The third kappa shape index (κ3) is 2.98. The predicted octanol–water partition coefficient (Wildman–Crippen LogP) is 3.65. The minimum absolute atomic E-state index is 0.0951. The highest BCUT2D eigenvalue weighted by Gasteiger charge is 2.13. The summed E-state index contributed by atoms with van der Waals surface area (Å²) in [6.45, 7) is 6.14. The van der Waals surface area contributed by atoms with E-state index in [4.69, 9.17) is 4.74 Å². The molecule has 102 valence electrons. The molecule has 2 rings (SSSR count). The molecule has 1 atom stereocenters. The quantitative estimate of drug-likeness (QED) is 0.896. The number of rotatable bonds is 4. The number of hydrogen-bond donors (Lipinski definition) is 2. The van der Waals surface area contributed by atoms with E-state index in [1.54, 1.807) is 23.5 Å². The van der Waals surface area contributed by atoms with Gasteiger partial charge in [-0.05, 0) is 32.9 Å². The minimum Gasteiger partial charge on any atom is -0.504 e. The number of ether oxygens (including phenoxy) is 1. The van der Waals surface area contributed by atoms with Crippen LogP contribution in [0.1, 0.15) is 28.5 Å². The van der Waals surface area contributed by atoms with Crippen molar-refractivity contribution in [3.63, 3.8) is 0 Å². The van der Waals surface area contributed by atoms with Gasteiger partial charge in [-0.2, -0.15) is 0 Å². The molecule has 1 aromatic heterocycles. The lowest BCUT2D eigenvalue weighted by Gasteiger charge is -2.15. The maximum Gasteiger partial charge on any atom is 0.160 e. The molecule has 1 heterocycles. The van der Waals surface area contributed by atoms with Crippen LogP contribution in [-0.4, -0.2) is 17.2 Å². The maximum atomic E-state index is 9.75. The summed E-state index contributed by atoms with van der Waals surface area (Å²) in [5.41, 5.74) is 1.90. The van der Waals surface area contributed by atoms with Gasteiger partial charge >= 0.3 is 0 Å². The lowest BCUT2D eigenvalue weighted by Crippen LogP contribution is -2.08. The van der Waals surface area contributed by atoms with Crippen LogP contribution in [-0.2, 0) is 0 Å². The second-order valence-electron chi connectivity index (χ2n) is 4.43. The second kappa shape index (κ2) is 5.48. The van der Waals surface area contributed by atoms with Gasteiger partial charge in [0.25, 0.3) is 0 Å². The van der Waals surface area contributed by atoms with E-state index >= 15 is 0 Å². The lowest BCUT2D eigenvalue weighted by atomic mass is 10.2. The zero-order valence-electron chi connectivity index (χ0n) is 11.5. The third-order valence-corrected chi connectivity index (χ3v) is 3.81. The van der Waals surface area contributed by atoms with Gasteiger partial charge in [0.15, 0.2) is 11.5 Å². The van der Waals surface area contributed by atoms with Crippen molar-refractivity contribution in [1.82, 2.24) is 4.98 Å². The highest BCUT2D eigenvalue weighted by Crippen LogP contribution is 2.31. The molecule has 19 heavy (non-hydrogen) atoms. The molecule has 0 amide bonds. The van der Waals surface area contributed by atoms with Gasteiger partial charge in [0.1, 0.15) is 0 Å². The number of aromatic nitrogens is 1. The Balaban J connectivity index is 2.17. The number of aryl methyl sites for hydroxylation is 2. The van der Waals surface area contributed by atoms with Crippen molar-refractivity contribution in [3.8, 4) is 11.5 Å². The number of hydrogen-bond acceptors (Lipinski definition) is 5. The second-order valence-corrected chi connectivity index (χ2v) is 5.83. The van der Waals surface area contributed by atoms with Crippen LogP contribution in [0.25, 0.3) is 0 Å². The van der Waals surface area contributed by atoms with Crippen LogP contribution in [0, 0.1) is 13.8 Å². The molecular weight excluding hydrogens is 260 g/mol. The van der Waals surface area contributed by atoms with Crippen molar-refractivity contribution >= 4 is 17.0 Å². The molecule has 1 aromatic carbocycles. The Bertz CT molecular complexity index is 581. The zero-order valence-corrected chi connectivity index (χ0v) is 12.3. The SMILES string of the molecule is COc1ccc(NC(C)c2nc(C)sc2C)cc1O. The Labute approximate surface area is 117 Å². The van der Waals surface area contributed by atoms with Crippen molar-refractivity contribution in [2.75, 3.05) is 12.4 Å². The Morgan fingerprint density at radius 3 is 2.63 bits per heavy atom. The highest BCUT2D eigenvalue weighted by atomic mass is 32.1. The highest BCUT2D eigenvalue weighted by molar-refractivity contribution is 7.11. The lowest BCUT2D eigenvalue weighted by molar-refractivity contribution is 0.373. The van der Waals surface area contributed by atoms with Gasteiger partial charge in [0.2, 0.25) is 0 Å². The van der Waals surface area contributed by atoms with E-state index in [0.29, 0.717) is 5.75 Å². The summed E-state index contributed by atoms with van der Waals surface area (Å²) in [6, 6.07) is 5.37. The Morgan fingerprint density at radius 1 is 1.37 bits per heavy atom. The summed E-state index contributed by atoms with van der Waals surface area (Å²) in [6.07, 6.45) is 0. The molecule has 0 saturated heterocycles. The summed E-state index contributed by atoms with van der Waals surface area (Å²) < 4.78 is 5.02. The Kier molecular flexibility index (Phi) is 3.95. The van der Waals surface area contributed by atoms with Crippen LogP contribution in [0.3, 0.4) is 0 Å². The molecule has 1 unspecified atom stereocenters. The van der Waals surface area contributed by atoms with Crippen molar-refractivity contribution in [2.24, 2.45) is 0 Å². The van der Waals surface area contributed by atoms with Crippen LogP contribution in [0.2, 0.25) is 0 Å². The van der Waals surface area contributed by atoms with Crippen LogP contribution in [0.5, 0.6) is 11.5 Å². The van der Waals surface area contributed by atoms with E-state index in [9.17, 15) is 5.11 Å². The van der Waals surface area contributed by atoms with E-state index in [1.165, 1.54) is 12.0 Å². The van der Waals surface area contributed by atoms with Crippen molar-refractivity contribution in [2.45, 2.75) is 26.8 Å². The van der Waals surface area contributed by atoms with Gasteiger partial charge in [-0.3, -0.25) is 0 Å². The number of nitrogens with zero attached hydrogens (tertiary/aromatic N) is 1. The van der Waals surface area contributed by atoms with Gasteiger partial charge in [0, 0.05) is 16.6 Å². The van der Waals surface area contributed by atoms with Crippen molar-refractivity contribution < 1.29 is 9.84 Å². The standard InChI is InChI=1S/C14H18N2O2S/c1-8(14-9(2)19-10(3)16-14)15-11-5-6-13(18-4)12(17)7-11/h5-8,15,17H,1-4H3. The summed E-state index contributed by atoms with van der Waals surface area (Å²) in [4.78, 5) is 5.75. The molecule has 0 aliphatic rings. The maximum absolute atomic E-state index is 9.75. The van der Waals surface area contributed by atoms with E-state index in [1.807, 2.05) is 13.0 Å². The van der Waals surface area contributed by atoms with E-state index in [-0.39, 0.29) is 11.8 Å². The Hall–Kier alpha value is -1.75. The number of aromatic hydroxyl groups is 1. The fourth-order valence-corrected chi connectivity index (χ4v) is 2.96. The third-order valence-electron chi connectivity index (χ3n) is 2.91.